The monoisotopic (exact) mass is 326 g/mol. The number of rotatable bonds is 4. The van der Waals surface area contributed by atoms with Crippen molar-refractivity contribution in [3.63, 3.8) is 0 Å². The second-order valence-electron chi connectivity index (χ2n) is 5.90. The van der Waals surface area contributed by atoms with Gasteiger partial charge in [0.05, 0.1) is 18.7 Å². The van der Waals surface area contributed by atoms with Crippen molar-refractivity contribution >= 4 is 17.5 Å². The van der Waals surface area contributed by atoms with Gasteiger partial charge < -0.3 is 19.6 Å². The molecule has 2 unspecified atom stereocenters. The number of methoxy groups -OCH3 is 1. The van der Waals surface area contributed by atoms with E-state index in [0.717, 1.165) is 11.4 Å². The topological polar surface area (TPSA) is 53.0 Å². The Kier molecular flexibility index (Phi) is 5.01. The van der Waals surface area contributed by atoms with Gasteiger partial charge in [0.15, 0.2) is 0 Å². The number of carboxylic acid groups (broad SMARTS) is 1. The zero-order valence-electron chi connectivity index (χ0n) is 13.7. The molecule has 0 aliphatic carbocycles. The second-order valence-corrected chi connectivity index (χ2v) is 5.90. The summed E-state index contributed by atoms with van der Waals surface area (Å²) in [6.45, 7) is 0.892. The van der Waals surface area contributed by atoms with Crippen LogP contribution in [-0.2, 0) is 4.74 Å². The molecule has 1 aliphatic rings. The summed E-state index contributed by atoms with van der Waals surface area (Å²) in [5.74, 6) is 0. The molecule has 1 aliphatic heterocycles. The fraction of sp³-hybridized carbons (Fsp3) is 0.316. The number of likely N-dealkylation sites (tertiary alicyclic amines) is 1. The number of ether oxygens (including phenoxy) is 1. The third-order valence-corrected chi connectivity index (χ3v) is 4.50. The predicted molar refractivity (Wildman–Crippen MR) is 93.8 cm³/mol. The number of hydrogen-bond acceptors (Lipinski definition) is 3. The van der Waals surface area contributed by atoms with E-state index in [1.165, 1.54) is 4.90 Å². The summed E-state index contributed by atoms with van der Waals surface area (Å²) in [5.41, 5.74) is 2.17. The molecule has 1 heterocycles. The summed E-state index contributed by atoms with van der Waals surface area (Å²) in [4.78, 5) is 15.0. The molecule has 5 heteroatoms. The molecule has 0 radical (unpaired) electrons. The van der Waals surface area contributed by atoms with Gasteiger partial charge in [-0.2, -0.15) is 0 Å². The third kappa shape index (κ3) is 3.36. The van der Waals surface area contributed by atoms with Crippen molar-refractivity contribution in [2.45, 2.75) is 18.6 Å². The SMILES string of the molecule is COC1CN(C(=O)O)CCC1N(c1ccccc1)c1ccccc1. The van der Waals surface area contributed by atoms with Crippen LogP contribution in [0.25, 0.3) is 0 Å². The molecule has 2 aromatic carbocycles. The van der Waals surface area contributed by atoms with Gasteiger partial charge in [0.25, 0.3) is 0 Å². The van der Waals surface area contributed by atoms with Crippen LogP contribution in [0, 0.1) is 0 Å². The average molecular weight is 326 g/mol. The molecule has 2 aromatic rings. The maximum atomic E-state index is 11.3. The number of amides is 1. The van der Waals surface area contributed by atoms with Crippen LogP contribution in [0.15, 0.2) is 60.7 Å². The molecule has 0 saturated carbocycles. The van der Waals surface area contributed by atoms with Crippen LogP contribution in [0.1, 0.15) is 6.42 Å². The maximum Gasteiger partial charge on any atom is 0.407 e. The number of para-hydroxylation sites is 2. The Morgan fingerprint density at radius 3 is 2.08 bits per heavy atom. The van der Waals surface area contributed by atoms with Gasteiger partial charge in [0.1, 0.15) is 0 Å². The number of piperidine rings is 1. The molecule has 1 fully saturated rings. The Balaban J connectivity index is 1.95. The minimum atomic E-state index is -0.888. The van der Waals surface area contributed by atoms with E-state index in [1.807, 2.05) is 36.4 Å². The molecule has 2 atom stereocenters. The summed E-state index contributed by atoms with van der Waals surface area (Å²) in [5, 5.41) is 9.27. The molecule has 1 amide bonds. The van der Waals surface area contributed by atoms with Gasteiger partial charge in [-0.25, -0.2) is 4.79 Å². The molecule has 126 valence electrons. The second kappa shape index (κ2) is 7.36. The van der Waals surface area contributed by atoms with E-state index < -0.39 is 6.09 Å². The summed E-state index contributed by atoms with van der Waals surface area (Å²) < 4.78 is 5.66. The number of benzene rings is 2. The van der Waals surface area contributed by atoms with Crippen LogP contribution < -0.4 is 4.90 Å². The molecule has 1 saturated heterocycles. The predicted octanol–water partition coefficient (Wildman–Crippen LogP) is 3.59. The summed E-state index contributed by atoms with van der Waals surface area (Å²) >= 11 is 0. The van der Waals surface area contributed by atoms with Crippen LogP contribution in [-0.4, -0.2) is 48.4 Å². The first-order valence-electron chi connectivity index (χ1n) is 8.10. The van der Waals surface area contributed by atoms with Crippen molar-refractivity contribution in [3.8, 4) is 0 Å². The average Bonchev–Trinajstić information content (AvgIpc) is 2.64. The molecule has 0 bridgehead atoms. The van der Waals surface area contributed by atoms with E-state index in [-0.39, 0.29) is 12.1 Å². The molecular weight excluding hydrogens is 304 g/mol. The highest BCUT2D eigenvalue weighted by molar-refractivity contribution is 5.67. The van der Waals surface area contributed by atoms with Gasteiger partial charge in [-0.15, -0.1) is 0 Å². The first-order valence-corrected chi connectivity index (χ1v) is 8.10. The lowest BCUT2D eigenvalue weighted by molar-refractivity contribution is 0.0199. The molecule has 3 rings (SSSR count). The fourth-order valence-electron chi connectivity index (χ4n) is 3.31. The van der Waals surface area contributed by atoms with Crippen molar-refractivity contribution < 1.29 is 14.6 Å². The third-order valence-electron chi connectivity index (χ3n) is 4.50. The highest BCUT2D eigenvalue weighted by Gasteiger charge is 2.36. The minimum absolute atomic E-state index is 0.0791. The Bertz CT molecular complexity index is 623. The molecule has 5 nitrogen and oxygen atoms in total. The maximum absolute atomic E-state index is 11.3. The Morgan fingerprint density at radius 1 is 1.08 bits per heavy atom. The molecule has 0 aromatic heterocycles. The number of nitrogens with zero attached hydrogens (tertiary/aromatic N) is 2. The van der Waals surface area contributed by atoms with Crippen LogP contribution in [0.4, 0.5) is 16.2 Å². The largest absolute Gasteiger partial charge is 0.465 e. The lowest BCUT2D eigenvalue weighted by Crippen LogP contribution is -2.55. The van der Waals surface area contributed by atoms with Gasteiger partial charge in [-0.05, 0) is 30.7 Å². The van der Waals surface area contributed by atoms with Crippen molar-refractivity contribution in [2.24, 2.45) is 0 Å². The molecular formula is C19H22N2O3. The Morgan fingerprint density at radius 2 is 1.62 bits per heavy atom. The van der Waals surface area contributed by atoms with E-state index >= 15 is 0 Å². The standard InChI is InChI=1S/C19H22N2O3/c1-24-18-14-20(19(22)23)13-12-17(18)21(15-8-4-2-5-9-15)16-10-6-3-7-11-16/h2-11,17-18H,12-14H2,1H3,(H,22,23). The first kappa shape index (κ1) is 16.3. The lowest BCUT2D eigenvalue weighted by atomic mass is 9.98. The molecule has 1 N–H and O–H groups in total. The number of hydrogen-bond donors (Lipinski definition) is 1. The Labute approximate surface area is 142 Å². The summed E-state index contributed by atoms with van der Waals surface area (Å²) in [6.07, 6.45) is -0.356. The van der Waals surface area contributed by atoms with Crippen LogP contribution in [0.5, 0.6) is 0 Å². The van der Waals surface area contributed by atoms with Crippen molar-refractivity contribution in [1.29, 1.82) is 0 Å². The van der Waals surface area contributed by atoms with E-state index in [4.69, 9.17) is 4.74 Å². The zero-order chi connectivity index (χ0) is 16.9. The van der Waals surface area contributed by atoms with Gasteiger partial charge >= 0.3 is 6.09 Å². The summed E-state index contributed by atoms with van der Waals surface area (Å²) in [7, 11) is 1.65. The van der Waals surface area contributed by atoms with Crippen LogP contribution in [0.3, 0.4) is 0 Å². The molecule has 0 spiro atoms. The zero-order valence-corrected chi connectivity index (χ0v) is 13.7. The van der Waals surface area contributed by atoms with Crippen molar-refractivity contribution in [2.75, 3.05) is 25.1 Å². The highest BCUT2D eigenvalue weighted by atomic mass is 16.5. The van der Waals surface area contributed by atoms with Gasteiger partial charge in [0, 0.05) is 25.0 Å². The van der Waals surface area contributed by atoms with Crippen LogP contribution >= 0.6 is 0 Å². The quantitative estimate of drug-likeness (QED) is 0.933. The smallest absolute Gasteiger partial charge is 0.407 e. The highest BCUT2D eigenvalue weighted by Crippen LogP contribution is 2.32. The first-order chi connectivity index (χ1) is 11.7. The van der Waals surface area contributed by atoms with Crippen molar-refractivity contribution in [3.05, 3.63) is 60.7 Å². The van der Waals surface area contributed by atoms with E-state index in [0.29, 0.717) is 19.5 Å². The van der Waals surface area contributed by atoms with E-state index in [1.54, 1.807) is 7.11 Å². The normalized spacial score (nSPS) is 20.6. The minimum Gasteiger partial charge on any atom is -0.465 e. The molecule has 24 heavy (non-hydrogen) atoms. The van der Waals surface area contributed by atoms with Gasteiger partial charge in [0.2, 0.25) is 0 Å². The van der Waals surface area contributed by atoms with Crippen molar-refractivity contribution in [1.82, 2.24) is 4.90 Å². The van der Waals surface area contributed by atoms with Crippen LogP contribution in [0.2, 0.25) is 0 Å². The number of carbonyl (C=O) groups is 1. The van der Waals surface area contributed by atoms with E-state index in [2.05, 4.69) is 29.2 Å². The van der Waals surface area contributed by atoms with Gasteiger partial charge in [-0.1, -0.05) is 36.4 Å². The summed E-state index contributed by atoms with van der Waals surface area (Å²) in [6, 6.07) is 20.4. The van der Waals surface area contributed by atoms with Gasteiger partial charge in [-0.3, -0.25) is 0 Å². The fourth-order valence-corrected chi connectivity index (χ4v) is 3.31. The van der Waals surface area contributed by atoms with E-state index in [9.17, 15) is 9.90 Å². The lowest BCUT2D eigenvalue weighted by Gasteiger charge is -2.43. The Hall–Kier alpha value is -2.53. The number of anilines is 2.